The minimum absolute atomic E-state index is 0.168. The molecule has 1 unspecified atom stereocenters. The molecule has 0 bridgehead atoms. The SMILES string of the molecule is NC(O)COCCNCCCC[C@@H](N)O. The first-order valence-electron chi connectivity index (χ1n) is 5.28. The molecule has 0 aliphatic carbocycles. The largest absolute Gasteiger partial charge is 0.379 e. The summed E-state index contributed by atoms with van der Waals surface area (Å²) in [5.41, 5.74) is 10.3. The summed E-state index contributed by atoms with van der Waals surface area (Å²) in [5.74, 6) is 0. The van der Waals surface area contributed by atoms with Crippen LogP contribution in [-0.4, -0.2) is 49.0 Å². The molecule has 15 heavy (non-hydrogen) atoms. The van der Waals surface area contributed by atoms with Gasteiger partial charge in [0.05, 0.1) is 13.2 Å². The molecule has 0 fully saturated rings. The Labute approximate surface area is 90.6 Å². The fraction of sp³-hybridized carbons (Fsp3) is 1.00. The van der Waals surface area contributed by atoms with E-state index in [1.54, 1.807) is 0 Å². The third-order valence-corrected chi connectivity index (χ3v) is 1.82. The summed E-state index contributed by atoms with van der Waals surface area (Å²) < 4.78 is 5.04. The molecule has 0 aromatic heterocycles. The van der Waals surface area contributed by atoms with Gasteiger partial charge in [0.1, 0.15) is 12.5 Å². The van der Waals surface area contributed by atoms with Crippen LogP contribution in [0.1, 0.15) is 19.3 Å². The molecule has 92 valence electrons. The van der Waals surface area contributed by atoms with Crippen LogP contribution < -0.4 is 16.8 Å². The molecule has 0 aliphatic rings. The van der Waals surface area contributed by atoms with E-state index in [4.69, 9.17) is 26.4 Å². The van der Waals surface area contributed by atoms with Gasteiger partial charge in [-0.3, -0.25) is 0 Å². The number of rotatable bonds is 10. The van der Waals surface area contributed by atoms with E-state index >= 15 is 0 Å². The zero-order chi connectivity index (χ0) is 11.5. The summed E-state index contributed by atoms with van der Waals surface area (Å²) >= 11 is 0. The van der Waals surface area contributed by atoms with E-state index in [9.17, 15) is 0 Å². The van der Waals surface area contributed by atoms with Gasteiger partial charge in [-0.1, -0.05) is 0 Å². The predicted octanol–water partition coefficient (Wildman–Crippen LogP) is -1.68. The van der Waals surface area contributed by atoms with Gasteiger partial charge in [0.2, 0.25) is 0 Å². The van der Waals surface area contributed by atoms with Crippen molar-refractivity contribution in [3.63, 3.8) is 0 Å². The van der Waals surface area contributed by atoms with Crippen LogP contribution >= 0.6 is 0 Å². The Bertz CT molecular complexity index is 120. The maximum absolute atomic E-state index is 8.78. The first-order valence-corrected chi connectivity index (χ1v) is 5.28. The standard InChI is InChI=1S/C9H23N3O3/c10-8(13)3-1-2-4-12-5-6-15-7-9(11)14/h8-9,12-14H,1-7,10-11H2/t8-,9?/m0/s1. The molecule has 0 saturated heterocycles. The van der Waals surface area contributed by atoms with E-state index in [2.05, 4.69) is 5.32 Å². The number of aliphatic hydroxyl groups is 2. The highest BCUT2D eigenvalue weighted by Crippen LogP contribution is 1.94. The van der Waals surface area contributed by atoms with Crippen LogP contribution in [0, 0.1) is 0 Å². The number of ether oxygens (including phenoxy) is 1. The Morgan fingerprint density at radius 2 is 1.80 bits per heavy atom. The van der Waals surface area contributed by atoms with Gasteiger partial charge in [-0.15, -0.1) is 0 Å². The Hall–Kier alpha value is -0.240. The molecule has 0 saturated carbocycles. The first-order chi connectivity index (χ1) is 7.13. The summed E-state index contributed by atoms with van der Waals surface area (Å²) in [6.07, 6.45) is 0.939. The van der Waals surface area contributed by atoms with Crippen molar-refractivity contribution in [2.75, 3.05) is 26.3 Å². The average molecular weight is 221 g/mol. The topological polar surface area (TPSA) is 114 Å². The van der Waals surface area contributed by atoms with Crippen molar-refractivity contribution < 1.29 is 14.9 Å². The van der Waals surface area contributed by atoms with Gasteiger partial charge in [0.25, 0.3) is 0 Å². The van der Waals surface area contributed by atoms with Crippen LogP contribution in [0.5, 0.6) is 0 Å². The number of hydrogen-bond donors (Lipinski definition) is 5. The van der Waals surface area contributed by atoms with Crippen LogP contribution in [0.4, 0.5) is 0 Å². The van der Waals surface area contributed by atoms with Crippen molar-refractivity contribution in [3.8, 4) is 0 Å². The third kappa shape index (κ3) is 13.8. The number of hydrogen-bond acceptors (Lipinski definition) is 6. The van der Waals surface area contributed by atoms with E-state index in [1.165, 1.54) is 0 Å². The van der Waals surface area contributed by atoms with Crippen molar-refractivity contribution in [2.24, 2.45) is 11.5 Å². The quantitative estimate of drug-likeness (QED) is 0.222. The molecule has 7 N–H and O–H groups in total. The summed E-state index contributed by atoms with van der Waals surface area (Å²) in [6, 6.07) is 0. The summed E-state index contributed by atoms with van der Waals surface area (Å²) in [4.78, 5) is 0. The number of unbranched alkanes of at least 4 members (excludes halogenated alkanes) is 1. The minimum atomic E-state index is -0.893. The molecular formula is C9H23N3O3. The van der Waals surface area contributed by atoms with Crippen molar-refractivity contribution in [1.29, 1.82) is 0 Å². The molecule has 0 amide bonds. The van der Waals surface area contributed by atoms with Crippen LogP contribution in [0.3, 0.4) is 0 Å². The van der Waals surface area contributed by atoms with Gasteiger partial charge in [-0.05, 0) is 25.8 Å². The van der Waals surface area contributed by atoms with Crippen molar-refractivity contribution >= 4 is 0 Å². The lowest BCUT2D eigenvalue weighted by Crippen LogP contribution is -2.28. The molecule has 2 atom stereocenters. The molecule has 6 nitrogen and oxygen atoms in total. The third-order valence-electron chi connectivity index (χ3n) is 1.82. The van der Waals surface area contributed by atoms with E-state index in [1.807, 2.05) is 0 Å². The molecule has 0 aromatic rings. The Morgan fingerprint density at radius 3 is 2.40 bits per heavy atom. The molecule has 0 heterocycles. The zero-order valence-electron chi connectivity index (χ0n) is 9.06. The van der Waals surface area contributed by atoms with Gasteiger partial charge >= 0.3 is 0 Å². The van der Waals surface area contributed by atoms with Crippen molar-refractivity contribution in [3.05, 3.63) is 0 Å². The molecule has 6 heteroatoms. The summed E-state index contributed by atoms with van der Waals surface area (Å²) in [6.45, 7) is 2.31. The molecule has 0 aromatic carbocycles. The lowest BCUT2D eigenvalue weighted by Gasteiger charge is -2.08. The number of nitrogens with two attached hydrogens (primary N) is 2. The predicted molar refractivity (Wildman–Crippen MR) is 57.9 cm³/mol. The Morgan fingerprint density at radius 1 is 1.07 bits per heavy atom. The van der Waals surface area contributed by atoms with Crippen molar-refractivity contribution in [2.45, 2.75) is 31.7 Å². The summed E-state index contributed by atoms with van der Waals surface area (Å²) in [7, 11) is 0. The highest BCUT2D eigenvalue weighted by Gasteiger charge is 1.96. The lowest BCUT2D eigenvalue weighted by molar-refractivity contribution is 0.0415. The molecule has 0 spiro atoms. The molecule has 0 aliphatic heterocycles. The molecule has 0 radical (unpaired) electrons. The first kappa shape index (κ1) is 14.8. The van der Waals surface area contributed by atoms with Crippen LogP contribution in [0.25, 0.3) is 0 Å². The second-order valence-electron chi connectivity index (χ2n) is 3.46. The van der Waals surface area contributed by atoms with E-state index in [-0.39, 0.29) is 6.61 Å². The highest BCUT2D eigenvalue weighted by atomic mass is 16.5. The zero-order valence-corrected chi connectivity index (χ0v) is 9.06. The normalized spacial score (nSPS) is 15.2. The van der Waals surface area contributed by atoms with Crippen LogP contribution in [0.15, 0.2) is 0 Å². The number of aliphatic hydroxyl groups excluding tert-OH is 2. The fourth-order valence-electron chi connectivity index (χ4n) is 1.08. The van der Waals surface area contributed by atoms with E-state index < -0.39 is 12.5 Å². The lowest BCUT2D eigenvalue weighted by atomic mass is 10.2. The number of nitrogens with one attached hydrogen (secondary N) is 1. The summed E-state index contributed by atoms with van der Waals surface area (Å²) in [5, 5.41) is 20.6. The minimum Gasteiger partial charge on any atom is -0.379 e. The Balaban J connectivity index is 2.93. The van der Waals surface area contributed by atoms with Crippen LogP contribution in [-0.2, 0) is 4.74 Å². The molecular weight excluding hydrogens is 198 g/mol. The molecule has 0 rings (SSSR count). The van der Waals surface area contributed by atoms with Crippen molar-refractivity contribution in [1.82, 2.24) is 5.32 Å². The van der Waals surface area contributed by atoms with Gasteiger partial charge in [-0.25, -0.2) is 0 Å². The monoisotopic (exact) mass is 221 g/mol. The van der Waals surface area contributed by atoms with Gasteiger partial charge in [0.15, 0.2) is 0 Å². The Kier molecular flexibility index (Phi) is 10.1. The van der Waals surface area contributed by atoms with E-state index in [0.29, 0.717) is 13.0 Å². The smallest absolute Gasteiger partial charge is 0.126 e. The van der Waals surface area contributed by atoms with Crippen LogP contribution in [0.2, 0.25) is 0 Å². The average Bonchev–Trinajstić information content (AvgIpc) is 2.14. The maximum Gasteiger partial charge on any atom is 0.126 e. The maximum atomic E-state index is 8.78. The van der Waals surface area contributed by atoms with Gasteiger partial charge in [0, 0.05) is 6.54 Å². The second kappa shape index (κ2) is 10.3. The van der Waals surface area contributed by atoms with Gasteiger partial charge in [-0.2, -0.15) is 0 Å². The van der Waals surface area contributed by atoms with Gasteiger partial charge < -0.3 is 31.7 Å². The fourth-order valence-corrected chi connectivity index (χ4v) is 1.08. The van der Waals surface area contributed by atoms with E-state index in [0.717, 1.165) is 25.9 Å². The second-order valence-corrected chi connectivity index (χ2v) is 3.46. The highest BCUT2D eigenvalue weighted by molar-refractivity contribution is 4.51.